The lowest BCUT2D eigenvalue weighted by molar-refractivity contribution is 0.0987. The van der Waals surface area contributed by atoms with E-state index in [0.717, 1.165) is 5.56 Å². The Morgan fingerprint density at radius 1 is 1.19 bits per heavy atom. The van der Waals surface area contributed by atoms with E-state index in [0.29, 0.717) is 12.6 Å². The van der Waals surface area contributed by atoms with Crippen LogP contribution >= 0.6 is 12.4 Å². The quantitative estimate of drug-likeness (QED) is 0.819. The third-order valence-corrected chi connectivity index (χ3v) is 3.00. The molecule has 0 amide bonds. The average Bonchev–Trinajstić information content (AvgIpc) is 2.80. The highest BCUT2D eigenvalue weighted by Crippen LogP contribution is 2.17. The number of carbonyl (C=O) groups excluding carboxylic acids is 1. The van der Waals surface area contributed by atoms with Crippen molar-refractivity contribution in [1.29, 1.82) is 0 Å². The maximum Gasteiger partial charge on any atom is 0.176 e. The first-order valence-electron chi connectivity index (χ1n) is 5.68. The van der Waals surface area contributed by atoms with Gasteiger partial charge in [-0.3, -0.25) is 4.79 Å². The van der Waals surface area contributed by atoms with Crippen LogP contribution in [0.5, 0.6) is 0 Å². The molecule has 1 fully saturated rings. The highest BCUT2D eigenvalue weighted by molar-refractivity contribution is 5.97. The van der Waals surface area contributed by atoms with Gasteiger partial charge in [-0.05, 0) is 12.8 Å². The molecule has 1 aromatic rings. The maximum absolute atomic E-state index is 11.7. The summed E-state index contributed by atoms with van der Waals surface area (Å²) in [6, 6.07) is 10.1. The van der Waals surface area contributed by atoms with Crippen LogP contribution in [0.15, 0.2) is 30.3 Å². The van der Waals surface area contributed by atoms with Crippen LogP contribution in [-0.4, -0.2) is 18.4 Å². The Bertz CT molecular complexity index is 320. The minimum atomic E-state index is 0. The second-order valence-electron chi connectivity index (χ2n) is 4.15. The Kier molecular flexibility index (Phi) is 5.50. The SMILES string of the molecule is Cl.O=C(CNC1CCCC1)c1ccccc1. The molecule has 0 saturated heterocycles. The summed E-state index contributed by atoms with van der Waals surface area (Å²) in [5, 5.41) is 3.33. The number of nitrogens with one attached hydrogen (secondary N) is 1. The molecule has 1 aliphatic carbocycles. The van der Waals surface area contributed by atoms with E-state index in [-0.39, 0.29) is 18.2 Å². The van der Waals surface area contributed by atoms with Gasteiger partial charge < -0.3 is 5.32 Å². The molecular weight excluding hydrogens is 222 g/mol. The highest BCUT2D eigenvalue weighted by atomic mass is 35.5. The maximum atomic E-state index is 11.7. The Labute approximate surface area is 103 Å². The first-order valence-corrected chi connectivity index (χ1v) is 5.68. The number of halogens is 1. The summed E-state index contributed by atoms with van der Waals surface area (Å²) in [6.07, 6.45) is 5.05. The lowest BCUT2D eigenvalue weighted by atomic mass is 10.1. The Morgan fingerprint density at radius 3 is 2.44 bits per heavy atom. The Morgan fingerprint density at radius 2 is 1.81 bits per heavy atom. The molecular formula is C13H18ClNO. The number of carbonyl (C=O) groups is 1. The first-order chi connectivity index (χ1) is 7.36. The molecule has 0 unspecified atom stereocenters. The van der Waals surface area contributed by atoms with Gasteiger partial charge in [-0.15, -0.1) is 12.4 Å². The largest absolute Gasteiger partial charge is 0.307 e. The molecule has 0 heterocycles. The lowest BCUT2D eigenvalue weighted by Gasteiger charge is -2.10. The molecule has 88 valence electrons. The van der Waals surface area contributed by atoms with E-state index in [1.54, 1.807) is 0 Å². The van der Waals surface area contributed by atoms with Gasteiger partial charge >= 0.3 is 0 Å². The van der Waals surface area contributed by atoms with Crippen molar-refractivity contribution in [2.45, 2.75) is 31.7 Å². The zero-order valence-electron chi connectivity index (χ0n) is 9.32. The van der Waals surface area contributed by atoms with Crippen molar-refractivity contribution in [1.82, 2.24) is 5.32 Å². The number of rotatable bonds is 4. The second-order valence-corrected chi connectivity index (χ2v) is 4.15. The Balaban J connectivity index is 0.00000128. The van der Waals surface area contributed by atoms with E-state index in [1.165, 1.54) is 25.7 Å². The van der Waals surface area contributed by atoms with Crippen molar-refractivity contribution in [3.63, 3.8) is 0 Å². The molecule has 1 saturated carbocycles. The monoisotopic (exact) mass is 239 g/mol. The van der Waals surface area contributed by atoms with Crippen LogP contribution in [0.25, 0.3) is 0 Å². The van der Waals surface area contributed by atoms with Gasteiger partial charge in [0.15, 0.2) is 5.78 Å². The van der Waals surface area contributed by atoms with Gasteiger partial charge in [0.25, 0.3) is 0 Å². The lowest BCUT2D eigenvalue weighted by Crippen LogP contribution is -2.31. The fourth-order valence-corrected chi connectivity index (χ4v) is 2.09. The summed E-state index contributed by atoms with van der Waals surface area (Å²) in [5.74, 6) is 0.197. The van der Waals surface area contributed by atoms with E-state index >= 15 is 0 Å². The van der Waals surface area contributed by atoms with Crippen LogP contribution in [0.2, 0.25) is 0 Å². The van der Waals surface area contributed by atoms with E-state index < -0.39 is 0 Å². The smallest absolute Gasteiger partial charge is 0.176 e. The molecule has 16 heavy (non-hydrogen) atoms. The molecule has 1 aliphatic rings. The van der Waals surface area contributed by atoms with Crippen LogP contribution in [0.4, 0.5) is 0 Å². The molecule has 0 spiro atoms. The summed E-state index contributed by atoms with van der Waals surface area (Å²) < 4.78 is 0. The normalized spacial score (nSPS) is 15.8. The zero-order valence-corrected chi connectivity index (χ0v) is 10.1. The number of benzene rings is 1. The van der Waals surface area contributed by atoms with Crippen LogP contribution in [-0.2, 0) is 0 Å². The molecule has 1 N–H and O–H groups in total. The van der Waals surface area contributed by atoms with Gasteiger partial charge in [-0.25, -0.2) is 0 Å². The molecule has 0 bridgehead atoms. The number of Topliss-reactive ketones (excluding diaryl/α,β-unsaturated/α-hetero) is 1. The highest BCUT2D eigenvalue weighted by Gasteiger charge is 2.15. The van der Waals surface area contributed by atoms with Crippen molar-refractivity contribution in [3.05, 3.63) is 35.9 Å². The van der Waals surface area contributed by atoms with E-state index in [4.69, 9.17) is 0 Å². The predicted molar refractivity (Wildman–Crippen MR) is 68.3 cm³/mol. The van der Waals surface area contributed by atoms with Crippen molar-refractivity contribution in [2.75, 3.05) is 6.54 Å². The van der Waals surface area contributed by atoms with Gasteiger partial charge in [0, 0.05) is 11.6 Å². The van der Waals surface area contributed by atoms with E-state index in [2.05, 4.69) is 5.32 Å². The molecule has 0 aliphatic heterocycles. The number of hydrogen-bond donors (Lipinski definition) is 1. The Hall–Kier alpha value is -0.860. The third-order valence-electron chi connectivity index (χ3n) is 3.00. The van der Waals surface area contributed by atoms with Crippen molar-refractivity contribution in [2.24, 2.45) is 0 Å². The summed E-state index contributed by atoms with van der Waals surface area (Å²) in [7, 11) is 0. The van der Waals surface area contributed by atoms with Crippen molar-refractivity contribution in [3.8, 4) is 0 Å². The van der Waals surface area contributed by atoms with E-state index in [1.807, 2.05) is 30.3 Å². The average molecular weight is 240 g/mol. The van der Waals surface area contributed by atoms with Crippen molar-refractivity contribution >= 4 is 18.2 Å². The molecule has 2 rings (SSSR count). The summed E-state index contributed by atoms with van der Waals surface area (Å²) in [5.41, 5.74) is 0.808. The molecule has 0 atom stereocenters. The third kappa shape index (κ3) is 3.62. The number of ketones is 1. The number of hydrogen-bond acceptors (Lipinski definition) is 2. The molecule has 1 aromatic carbocycles. The molecule has 3 heteroatoms. The van der Waals surface area contributed by atoms with Crippen molar-refractivity contribution < 1.29 is 4.79 Å². The predicted octanol–water partition coefficient (Wildman–Crippen LogP) is 2.82. The standard InChI is InChI=1S/C13H17NO.ClH/c15-13(11-6-2-1-3-7-11)10-14-12-8-4-5-9-12;/h1-3,6-7,12,14H,4-5,8-10H2;1H. The zero-order chi connectivity index (χ0) is 10.5. The van der Waals surface area contributed by atoms with Crippen LogP contribution < -0.4 is 5.32 Å². The molecule has 0 radical (unpaired) electrons. The van der Waals surface area contributed by atoms with Gasteiger partial charge in [-0.1, -0.05) is 43.2 Å². The van der Waals surface area contributed by atoms with E-state index in [9.17, 15) is 4.79 Å². The summed E-state index contributed by atoms with van der Waals surface area (Å²) in [6.45, 7) is 0.481. The van der Waals surface area contributed by atoms with Gasteiger partial charge in [0.05, 0.1) is 6.54 Å². The van der Waals surface area contributed by atoms with Crippen LogP contribution in [0.3, 0.4) is 0 Å². The van der Waals surface area contributed by atoms with Crippen LogP contribution in [0.1, 0.15) is 36.0 Å². The molecule has 0 aromatic heterocycles. The molecule has 2 nitrogen and oxygen atoms in total. The fraction of sp³-hybridized carbons (Fsp3) is 0.462. The summed E-state index contributed by atoms with van der Waals surface area (Å²) in [4.78, 5) is 11.7. The van der Waals surface area contributed by atoms with Gasteiger partial charge in [0.2, 0.25) is 0 Å². The fourth-order valence-electron chi connectivity index (χ4n) is 2.09. The van der Waals surface area contributed by atoms with Crippen LogP contribution in [0, 0.1) is 0 Å². The first kappa shape index (κ1) is 13.2. The minimum absolute atomic E-state index is 0. The van der Waals surface area contributed by atoms with Gasteiger partial charge in [-0.2, -0.15) is 0 Å². The topological polar surface area (TPSA) is 29.1 Å². The summed E-state index contributed by atoms with van der Waals surface area (Å²) >= 11 is 0. The minimum Gasteiger partial charge on any atom is -0.307 e. The van der Waals surface area contributed by atoms with Gasteiger partial charge in [0.1, 0.15) is 0 Å². The second kappa shape index (κ2) is 6.66.